The van der Waals surface area contributed by atoms with Crippen molar-refractivity contribution < 1.29 is 14.4 Å². The molecule has 2 aromatic rings. The van der Waals surface area contributed by atoms with Crippen molar-refractivity contribution >= 4 is 17.7 Å². The molecule has 2 atom stereocenters. The second kappa shape index (κ2) is 10.9. The van der Waals surface area contributed by atoms with Crippen LogP contribution in [0.25, 0.3) is 0 Å². The molecule has 1 saturated heterocycles. The van der Waals surface area contributed by atoms with Crippen LogP contribution in [0.5, 0.6) is 0 Å². The van der Waals surface area contributed by atoms with Gasteiger partial charge in [0.25, 0.3) is 11.8 Å². The molecule has 32 heavy (non-hydrogen) atoms. The van der Waals surface area contributed by atoms with Gasteiger partial charge in [-0.1, -0.05) is 43.3 Å². The fourth-order valence-electron chi connectivity index (χ4n) is 4.07. The van der Waals surface area contributed by atoms with Crippen molar-refractivity contribution in [3.05, 3.63) is 71.3 Å². The molecule has 6 heteroatoms. The third-order valence-electron chi connectivity index (χ3n) is 6.28. The highest BCUT2D eigenvalue weighted by molar-refractivity contribution is 5.98. The number of amides is 3. The molecular weight excluding hydrogens is 402 g/mol. The first-order valence-electron chi connectivity index (χ1n) is 11.4. The number of hydrogen-bond donors (Lipinski definition) is 2. The number of nitrogens with one attached hydrogen (secondary N) is 2. The Hall–Kier alpha value is -3.15. The number of nitrogens with zero attached hydrogens (tertiary/aromatic N) is 1. The maximum Gasteiger partial charge on any atom is 0.254 e. The fraction of sp³-hybridized carbons (Fsp3) is 0.423. The monoisotopic (exact) mass is 435 g/mol. The summed E-state index contributed by atoms with van der Waals surface area (Å²) < 4.78 is 0. The molecule has 0 radical (unpaired) electrons. The van der Waals surface area contributed by atoms with Crippen LogP contribution in [0.15, 0.2) is 54.6 Å². The van der Waals surface area contributed by atoms with Gasteiger partial charge in [0, 0.05) is 30.3 Å². The van der Waals surface area contributed by atoms with Crippen LogP contribution in [0.2, 0.25) is 0 Å². The summed E-state index contributed by atoms with van der Waals surface area (Å²) in [6, 6.07) is 15.9. The van der Waals surface area contributed by atoms with Crippen LogP contribution in [0, 0.1) is 12.8 Å². The van der Waals surface area contributed by atoms with Gasteiger partial charge in [0.1, 0.15) is 6.04 Å². The summed E-state index contributed by atoms with van der Waals surface area (Å²) in [5.41, 5.74) is 2.20. The molecule has 1 heterocycles. The van der Waals surface area contributed by atoms with E-state index in [2.05, 4.69) is 10.6 Å². The molecule has 1 fully saturated rings. The molecule has 0 bridgehead atoms. The summed E-state index contributed by atoms with van der Waals surface area (Å²) in [6.45, 7) is 7.03. The molecule has 0 spiro atoms. The van der Waals surface area contributed by atoms with Gasteiger partial charge in [-0.25, -0.2) is 0 Å². The lowest BCUT2D eigenvalue weighted by atomic mass is 9.88. The molecule has 2 N–H and O–H groups in total. The Morgan fingerprint density at radius 2 is 1.59 bits per heavy atom. The van der Waals surface area contributed by atoms with Gasteiger partial charge in [-0.05, 0) is 62.8 Å². The van der Waals surface area contributed by atoms with Crippen LogP contribution in [0.4, 0.5) is 0 Å². The van der Waals surface area contributed by atoms with E-state index in [1.54, 1.807) is 24.3 Å². The zero-order valence-corrected chi connectivity index (χ0v) is 19.1. The number of likely N-dealkylation sites (tertiary alicyclic amines) is 1. The zero-order chi connectivity index (χ0) is 23.1. The van der Waals surface area contributed by atoms with Crippen LogP contribution >= 0.6 is 0 Å². The SMILES string of the molecule is CC[C@@H](C)NC(=O)[C@H](NC(=O)c1ccccc1)C1CCN(C(=O)c2ccccc2C)CC1. The zero-order valence-electron chi connectivity index (χ0n) is 19.1. The minimum atomic E-state index is -0.632. The van der Waals surface area contributed by atoms with E-state index in [0.29, 0.717) is 31.5 Å². The van der Waals surface area contributed by atoms with E-state index >= 15 is 0 Å². The molecule has 3 rings (SSSR count). The quantitative estimate of drug-likeness (QED) is 0.698. The van der Waals surface area contributed by atoms with Crippen LogP contribution in [-0.4, -0.2) is 47.8 Å². The molecule has 170 valence electrons. The lowest BCUT2D eigenvalue weighted by molar-refractivity contribution is -0.125. The summed E-state index contributed by atoms with van der Waals surface area (Å²) in [5.74, 6) is -0.427. The molecule has 6 nitrogen and oxygen atoms in total. The Bertz CT molecular complexity index is 936. The van der Waals surface area contributed by atoms with Crippen LogP contribution in [0.1, 0.15) is 59.4 Å². The first kappa shape index (κ1) is 23.5. The molecule has 0 aliphatic carbocycles. The summed E-state index contributed by atoms with van der Waals surface area (Å²) in [5, 5.41) is 5.98. The van der Waals surface area contributed by atoms with E-state index in [9.17, 15) is 14.4 Å². The minimum Gasteiger partial charge on any atom is -0.352 e. The van der Waals surface area contributed by atoms with E-state index in [1.807, 2.05) is 56.0 Å². The van der Waals surface area contributed by atoms with Gasteiger partial charge in [0.05, 0.1) is 0 Å². The van der Waals surface area contributed by atoms with Crippen molar-refractivity contribution in [2.24, 2.45) is 5.92 Å². The third kappa shape index (κ3) is 5.75. The van der Waals surface area contributed by atoms with E-state index < -0.39 is 6.04 Å². The van der Waals surface area contributed by atoms with Crippen molar-refractivity contribution in [2.45, 2.75) is 52.1 Å². The molecule has 2 aromatic carbocycles. The molecule has 3 amide bonds. The van der Waals surface area contributed by atoms with Crippen LogP contribution in [0.3, 0.4) is 0 Å². The Kier molecular flexibility index (Phi) is 8.03. The van der Waals surface area contributed by atoms with Crippen LogP contribution in [-0.2, 0) is 4.79 Å². The van der Waals surface area contributed by atoms with Crippen LogP contribution < -0.4 is 10.6 Å². The highest BCUT2D eigenvalue weighted by Crippen LogP contribution is 2.24. The molecule has 1 aliphatic heterocycles. The second-order valence-corrected chi connectivity index (χ2v) is 8.58. The van der Waals surface area contributed by atoms with Crippen molar-refractivity contribution in [1.82, 2.24) is 15.5 Å². The predicted octanol–water partition coefficient (Wildman–Crippen LogP) is 3.56. The second-order valence-electron chi connectivity index (χ2n) is 8.58. The van der Waals surface area contributed by atoms with Gasteiger partial charge in [-0.2, -0.15) is 0 Å². The molecule has 0 aromatic heterocycles. The van der Waals surface area contributed by atoms with Gasteiger partial charge in [0.15, 0.2) is 0 Å². The number of aryl methyl sites for hydroxylation is 1. The standard InChI is InChI=1S/C26H33N3O3/c1-4-19(3)27-25(31)23(28-24(30)21-11-6-5-7-12-21)20-14-16-29(17-15-20)26(32)22-13-9-8-10-18(22)2/h5-13,19-20,23H,4,14-17H2,1-3H3,(H,27,31)(H,28,30)/t19-,23-/m1/s1. The predicted molar refractivity (Wildman–Crippen MR) is 125 cm³/mol. The first-order chi connectivity index (χ1) is 15.4. The number of carbonyl (C=O) groups excluding carboxylic acids is 3. The molecular formula is C26H33N3O3. The average molecular weight is 436 g/mol. The summed E-state index contributed by atoms with van der Waals surface area (Å²) in [7, 11) is 0. The van der Waals surface area contributed by atoms with Crippen molar-refractivity contribution in [2.75, 3.05) is 13.1 Å². The highest BCUT2D eigenvalue weighted by atomic mass is 16.2. The summed E-state index contributed by atoms with van der Waals surface area (Å²) in [4.78, 5) is 40.7. The summed E-state index contributed by atoms with van der Waals surface area (Å²) >= 11 is 0. The van der Waals surface area contributed by atoms with Crippen molar-refractivity contribution in [3.63, 3.8) is 0 Å². The number of carbonyl (C=O) groups is 3. The van der Waals surface area contributed by atoms with Gasteiger partial charge in [-0.15, -0.1) is 0 Å². The van der Waals surface area contributed by atoms with Crippen molar-refractivity contribution in [1.29, 1.82) is 0 Å². The smallest absolute Gasteiger partial charge is 0.254 e. The molecule has 0 unspecified atom stereocenters. The molecule has 0 saturated carbocycles. The van der Waals surface area contributed by atoms with E-state index in [1.165, 1.54) is 0 Å². The molecule has 1 aliphatic rings. The normalized spacial score (nSPS) is 16.2. The topological polar surface area (TPSA) is 78.5 Å². The van der Waals surface area contributed by atoms with Gasteiger partial charge in [0.2, 0.25) is 5.91 Å². The Balaban J connectivity index is 1.70. The maximum atomic E-state index is 13.1. The van der Waals surface area contributed by atoms with Crippen molar-refractivity contribution in [3.8, 4) is 0 Å². The number of rotatable bonds is 7. The first-order valence-corrected chi connectivity index (χ1v) is 11.4. The number of benzene rings is 2. The summed E-state index contributed by atoms with van der Waals surface area (Å²) in [6.07, 6.45) is 2.13. The Labute approximate surface area is 190 Å². The highest BCUT2D eigenvalue weighted by Gasteiger charge is 2.34. The average Bonchev–Trinajstić information content (AvgIpc) is 2.82. The lowest BCUT2D eigenvalue weighted by Crippen LogP contribution is -2.55. The Morgan fingerprint density at radius 3 is 2.22 bits per heavy atom. The lowest BCUT2D eigenvalue weighted by Gasteiger charge is -2.36. The maximum absolute atomic E-state index is 13.1. The minimum absolute atomic E-state index is 0.0236. The van der Waals surface area contributed by atoms with Gasteiger partial charge < -0.3 is 15.5 Å². The third-order valence-corrected chi connectivity index (χ3v) is 6.28. The number of hydrogen-bond acceptors (Lipinski definition) is 3. The van der Waals surface area contributed by atoms with E-state index in [-0.39, 0.29) is 29.7 Å². The number of piperidine rings is 1. The van der Waals surface area contributed by atoms with E-state index in [4.69, 9.17) is 0 Å². The van der Waals surface area contributed by atoms with Gasteiger partial charge in [-0.3, -0.25) is 14.4 Å². The fourth-order valence-corrected chi connectivity index (χ4v) is 4.07. The largest absolute Gasteiger partial charge is 0.352 e. The van der Waals surface area contributed by atoms with Gasteiger partial charge >= 0.3 is 0 Å². The van der Waals surface area contributed by atoms with E-state index in [0.717, 1.165) is 17.5 Å². The Morgan fingerprint density at radius 1 is 0.969 bits per heavy atom.